The maximum absolute atomic E-state index is 13.0. The molecule has 2 aromatic rings. The van der Waals surface area contributed by atoms with E-state index in [1.54, 1.807) is 17.0 Å². The minimum absolute atomic E-state index is 0.239. The van der Waals surface area contributed by atoms with Crippen molar-refractivity contribution in [1.82, 2.24) is 9.88 Å². The Balaban J connectivity index is 1.47. The zero-order valence-corrected chi connectivity index (χ0v) is 14.7. The van der Waals surface area contributed by atoms with Crippen LogP contribution in [-0.2, 0) is 9.53 Å². The molecule has 8 heteroatoms. The van der Waals surface area contributed by atoms with Crippen LogP contribution in [0.4, 0.5) is 10.1 Å². The van der Waals surface area contributed by atoms with Crippen LogP contribution in [0.15, 0.2) is 42.6 Å². The molecule has 0 radical (unpaired) electrons. The van der Waals surface area contributed by atoms with Crippen LogP contribution < -0.4 is 4.90 Å². The highest BCUT2D eigenvalue weighted by atomic mass is 35.5. The van der Waals surface area contributed by atoms with Gasteiger partial charge in [0.25, 0.3) is 5.91 Å². The van der Waals surface area contributed by atoms with Gasteiger partial charge >= 0.3 is 5.97 Å². The fourth-order valence-corrected chi connectivity index (χ4v) is 2.78. The van der Waals surface area contributed by atoms with Crippen molar-refractivity contribution in [2.75, 3.05) is 37.7 Å². The van der Waals surface area contributed by atoms with E-state index < -0.39 is 5.97 Å². The second kappa shape index (κ2) is 8.14. The van der Waals surface area contributed by atoms with Crippen molar-refractivity contribution in [2.24, 2.45) is 0 Å². The van der Waals surface area contributed by atoms with E-state index in [0.717, 1.165) is 5.69 Å². The first kappa shape index (κ1) is 18.1. The third-order valence-electron chi connectivity index (χ3n) is 4.11. The molecule has 1 aliphatic heterocycles. The second-order valence-electron chi connectivity index (χ2n) is 5.79. The second-order valence-corrected chi connectivity index (χ2v) is 6.18. The van der Waals surface area contributed by atoms with Crippen molar-refractivity contribution in [3.8, 4) is 0 Å². The number of nitrogens with zero attached hydrogens (tertiary/aromatic N) is 3. The number of hydrogen-bond acceptors (Lipinski definition) is 5. The Morgan fingerprint density at radius 1 is 1.08 bits per heavy atom. The lowest BCUT2D eigenvalue weighted by Gasteiger charge is -2.36. The number of ether oxygens (including phenoxy) is 1. The van der Waals surface area contributed by atoms with Gasteiger partial charge in [0.2, 0.25) is 0 Å². The van der Waals surface area contributed by atoms with Gasteiger partial charge in [0, 0.05) is 38.1 Å². The number of carbonyl (C=O) groups excluding carboxylic acids is 2. The number of hydrogen-bond donors (Lipinski definition) is 0. The minimum Gasteiger partial charge on any atom is -0.452 e. The highest BCUT2D eigenvalue weighted by Gasteiger charge is 2.22. The number of pyridine rings is 1. The Bertz CT molecular complexity index is 775. The summed E-state index contributed by atoms with van der Waals surface area (Å²) in [6, 6.07) is 9.23. The molecule has 0 atom stereocenters. The van der Waals surface area contributed by atoms with Crippen LogP contribution in [0.5, 0.6) is 0 Å². The first-order chi connectivity index (χ1) is 12.5. The van der Waals surface area contributed by atoms with Crippen molar-refractivity contribution in [2.45, 2.75) is 0 Å². The highest BCUT2D eigenvalue weighted by molar-refractivity contribution is 6.29. The van der Waals surface area contributed by atoms with E-state index in [2.05, 4.69) is 9.88 Å². The molecule has 1 saturated heterocycles. The molecule has 0 aliphatic carbocycles. The number of carbonyl (C=O) groups is 2. The van der Waals surface area contributed by atoms with Gasteiger partial charge in [-0.05, 0) is 36.4 Å². The van der Waals surface area contributed by atoms with Gasteiger partial charge in [-0.3, -0.25) is 4.79 Å². The maximum atomic E-state index is 13.0. The summed E-state index contributed by atoms with van der Waals surface area (Å²) in [5, 5.41) is 0.275. The quantitative estimate of drug-likeness (QED) is 0.604. The molecule has 0 saturated carbocycles. The number of esters is 1. The van der Waals surface area contributed by atoms with Crippen molar-refractivity contribution >= 4 is 29.2 Å². The Morgan fingerprint density at radius 3 is 2.38 bits per heavy atom. The van der Waals surface area contributed by atoms with E-state index in [1.165, 1.54) is 30.5 Å². The lowest BCUT2D eigenvalue weighted by molar-refractivity contribution is -0.134. The lowest BCUT2D eigenvalue weighted by atomic mass is 10.2. The van der Waals surface area contributed by atoms with Crippen LogP contribution in [0.2, 0.25) is 5.15 Å². The monoisotopic (exact) mass is 377 g/mol. The highest BCUT2D eigenvalue weighted by Crippen LogP contribution is 2.17. The van der Waals surface area contributed by atoms with Gasteiger partial charge in [-0.25, -0.2) is 14.2 Å². The van der Waals surface area contributed by atoms with Crippen molar-refractivity contribution < 1.29 is 18.7 Å². The first-order valence-corrected chi connectivity index (χ1v) is 8.48. The summed E-state index contributed by atoms with van der Waals surface area (Å²) in [6.07, 6.45) is 1.30. The molecule has 3 rings (SSSR count). The average molecular weight is 378 g/mol. The topological polar surface area (TPSA) is 62.7 Å². The van der Waals surface area contributed by atoms with Gasteiger partial charge in [0.15, 0.2) is 6.61 Å². The molecule has 26 heavy (non-hydrogen) atoms. The summed E-state index contributed by atoms with van der Waals surface area (Å²) in [4.78, 5) is 31.6. The summed E-state index contributed by atoms with van der Waals surface area (Å²) < 4.78 is 18.0. The normalized spacial score (nSPS) is 14.2. The van der Waals surface area contributed by atoms with Gasteiger partial charge in [-0.1, -0.05) is 11.6 Å². The van der Waals surface area contributed by atoms with Gasteiger partial charge in [-0.2, -0.15) is 0 Å². The molecule has 1 aliphatic rings. The molecule has 0 unspecified atom stereocenters. The van der Waals surface area contributed by atoms with E-state index in [-0.39, 0.29) is 29.0 Å². The molecule has 0 bridgehead atoms. The average Bonchev–Trinajstić information content (AvgIpc) is 2.67. The van der Waals surface area contributed by atoms with Gasteiger partial charge in [-0.15, -0.1) is 0 Å². The zero-order chi connectivity index (χ0) is 18.5. The van der Waals surface area contributed by atoms with Gasteiger partial charge < -0.3 is 14.5 Å². The molecule has 1 amide bonds. The number of halogens is 2. The Hall–Kier alpha value is -2.67. The SMILES string of the molecule is O=C(OCC(=O)N1CCN(c2ccc(F)cc2)CC1)c1ccc(Cl)nc1. The van der Waals surface area contributed by atoms with E-state index in [4.69, 9.17) is 16.3 Å². The first-order valence-electron chi connectivity index (χ1n) is 8.10. The Kier molecular flexibility index (Phi) is 5.68. The summed E-state index contributed by atoms with van der Waals surface area (Å²) in [5.41, 5.74) is 1.16. The van der Waals surface area contributed by atoms with Crippen LogP contribution in [0.3, 0.4) is 0 Å². The number of piperazine rings is 1. The van der Waals surface area contributed by atoms with E-state index in [0.29, 0.717) is 26.2 Å². The fraction of sp³-hybridized carbons (Fsp3) is 0.278. The summed E-state index contributed by atoms with van der Waals surface area (Å²) in [6.45, 7) is 1.96. The summed E-state index contributed by atoms with van der Waals surface area (Å²) in [7, 11) is 0. The number of rotatable bonds is 4. The van der Waals surface area contributed by atoms with Crippen LogP contribution in [0, 0.1) is 5.82 Å². The van der Waals surface area contributed by atoms with E-state index in [1.807, 2.05) is 0 Å². The van der Waals surface area contributed by atoms with Crippen molar-refractivity contribution in [1.29, 1.82) is 0 Å². The number of benzene rings is 1. The number of amides is 1. The fourth-order valence-electron chi connectivity index (χ4n) is 2.66. The standard InChI is InChI=1S/C18H17ClFN3O3/c19-16-6-1-13(11-21-16)18(25)26-12-17(24)23-9-7-22(8-10-23)15-4-2-14(20)3-5-15/h1-6,11H,7-10,12H2. The molecule has 0 N–H and O–H groups in total. The maximum Gasteiger partial charge on any atom is 0.340 e. The lowest BCUT2D eigenvalue weighted by Crippen LogP contribution is -2.49. The molecular formula is C18H17ClFN3O3. The van der Waals surface area contributed by atoms with Crippen LogP contribution in [0.1, 0.15) is 10.4 Å². The van der Waals surface area contributed by atoms with Gasteiger partial charge in [0.1, 0.15) is 11.0 Å². The molecule has 6 nitrogen and oxygen atoms in total. The molecule has 136 valence electrons. The largest absolute Gasteiger partial charge is 0.452 e. The summed E-state index contributed by atoms with van der Waals surface area (Å²) in [5.74, 6) is -1.15. The molecular weight excluding hydrogens is 361 g/mol. The Labute approximate surface area is 155 Å². The molecule has 0 spiro atoms. The molecule has 2 heterocycles. The van der Waals surface area contributed by atoms with Crippen molar-refractivity contribution in [3.63, 3.8) is 0 Å². The van der Waals surface area contributed by atoms with Crippen LogP contribution in [-0.4, -0.2) is 54.5 Å². The van der Waals surface area contributed by atoms with Crippen LogP contribution in [0.25, 0.3) is 0 Å². The molecule has 1 aromatic carbocycles. The Morgan fingerprint density at radius 2 is 1.77 bits per heavy atom. The minimum atomic E-state index is -0.618. The van der Waals surface area contributed by atoms with E-state index >= 15 is 0 Å². The smallest absolute Gasteiger partial charge is 0.340 e. The predicted octanol–water partition coefficient (Wildman–Crippen LogP) is 2.38. The summed E-state index contributed by atoms with van der Waals surface area (Å²) >= 11 is 5.66. The molecule has 1 fully saturated rings. The van der Waals surface area contributed by atoms with Crippen molar-refractivity contribution in [3.05, 3.63) is 59.1 Å². The third-order valence-corrected chi connectivity index (χ3v) is 4.34. The van der Waals surface area contributed by atoms with Crippen LogP contribution >= 0.6 is 11.6 Å². The van der Waals surface area contributed by atoms with Gasteiger partial charge in [0.05, 0.1) is 5.56 Å². The third kappa shape index (κ3) is 4.49. The number of anilines is 1. The predicted molar refractivity (Wildman–Crippen MR) is 94.7 cm³/mol. The molecule has 1 aromatic heterocycles. The van der Waals surface area contributed by atoms with E-state index in [9.17, 15) is 14.0 Å². The zero-order valence-electron chi connectivity index (χ0n) is 13.9. The number of aromatic nitrogens is 1.